The zero-order chi connectivity index (χ0) is 52.4. The number of phenolic OH excluding ortho intramolecular Hbond substituents is 1. The van der Waals surface area contributed by atoms with Gasteiger partial charge in [0.2, 0.25) is 0 Å². The summed E-state index contributed by atoms with van der Waals surface area (Å²) < 4.78 is 155. The van der Waals surface area contributed by atoms with Gasteiger partial charge in [-0.25, -0.2) is 4.68 Å². The number of aliphatic hydroxyl groups is 2. The maximum absolute atomic E-state index is 13.4. The summed E-state index contributed by atoms with van der Waals surface area (Å²) in [5.41, 5.74) is 0.139. The molecule has 0 aliphatic heterocycles. The minimum absolute atomic E-state index is 0.0436. The Bertz CT molecular complexity index is 3750. The average Bonchev–Trinajstić information content (AvgIpc) is 3.62. The van der Waals surface area contributed by atoms with Gasteiger partial charge in [0.25, 0.3) is 51.9 Å². The number of phenols is 1. The highest BCUT2D eigenvalue weighted by molar-refractivity contribution is 7.87. The number of primary amides is 1. The van der Waals surface area contributed by atoms with E-state index in [9.17, 15) is 76.8 Å². The van der Waals surface area contributed by atoms with Gasteiger partial charge in [-0.05, 0) is 61.0 Å². The van der Waals surface area contributed by atoms with Crippen LogP contribution in [0, 0.1) is 6.92 Å². The average molecular weight is 1070 g/mol. The number of H-pyrrole nitrogens is 1. The molecule has 0 fully saturated rings. The molecule has 6 aromatic rings. The molecular formula is C38H35N9O20S4. The van der Waals surface area contributed by atoms with E-state index in [1.54, 1.807) is 0 Å². The lowest BCUT2D eigenvalue weighted by atomic mass is 10.1. The number of nitrogens with one attached hydrogen (secondary N) is 1. The highest BCUT2D eigenvalue weighted by Gasteiger charge is 2.29. The van der Waals surface area contributed by atoms with Crippen molar-refractivity contribution in [2.24, 2.45) is 36.4 Å². The molecule has 6 rings (SSSR count). The Morgan fingerprint density at radius 1 is 0.634 bits per heavy atom. The molecular weight excluding hydrogens is 1030 g/mol. The van der Waals surface area contributed by atoms with E-state index in [2.05, 4.69) is 35.8 Å². The van der Waals surface area contributed by atoms with Crippen molar-refractivity contribution in [3.8, 4) is 28.7 Å². The highest BCUT2D eigenvalue weighted by Crippen LogP contribution is 2.47. The maximum Gasteiger partial charge on any atom is 0.299 e. The molecule has 376 valence electrons. The second-order valence-corrected chi connectivity index (χ2v) is 19.7. The number of ether oxygens (including phenoxy) is 3. The van der Waals surface area contributed by atoms with Crippen molar-refractivity contribution in [3.63, 3.8) is 0 Å². The number of hydrogen-bond acceptors (Lipinski definition) is 22. The number of fused-ring (bicyclic) bond motifs is 1. The first-order valence-electron chi connectivity index (χ1n) is 19.3. The predicted molar refractivity (Wildman–Crippen MR) is 242 cm³/mol. The molecule has 33 heteroatoms. The van der Waals surface area contributed by atoms with E-state index >= 15 is 0 Å². The number of aromatic nitrogens is 2. The smallest absolute Gasteiger partial charge is 0.299 e. The lowest BCUT2D eigenvalue weighted by molar-refractivity contribution is 0.0995. The summed E-state index contributed by atoms with van der Waals surface area (Å²) in [5.74, 6) is -3.12. The number of benzene rings is 5. The summed E-state index contributed by atoms with van der Waals surface area (Å²) in [6.07, 6.45) is 0. The summed E-state index contributed by atoms with van der Waals surface area (Å²) in [4.78, 5) is 22.1. The van der Waals surface area contributed by atoms with Crippen LogP contribution in [0.25, 0.3) is 16.5 Å². The van der Waals surface area contributed by atoms with Crippen LogP contribution in [0.1, 0.15) is 16.1 Å². The third kappa shape index (κ3) is 11.5. The number of aromatic amines is 1. The van der Waals surface area contributed by atoms with Gasteiger partial charge in [0, 0.05) is 29.0 Å². The Morgan fingerprint density at radius 3 is 1.65 bits per heavy atom. The van der Waals surface area contributed by atoms with Crippen LogP contribution in [0.2, 0.25) is 0 Å². The molecule has 1 heterocycles. The number of nitrogens with zero attached hydrogens (tertiary/aromatic N) is 7. The van der Waals surface area contributed by atoms with Crippen molar-refractivity contribution < 1.29 is 86.2 Å². The number of aryl methyl sites for hydroxylation is 1. The van der Waals surface area contributed by atoms with Gasteiger partial charge >= 0.3 is 0 Å². The molecule has 0 saturated heterocycles. The van der Waals surface area contributed by atoms with Gasteiger partial charge in [-0.15, -0.1) is 30.7 Å². The maximum atomic E-state index is 13.4. The summed E-state index contributed by atoms with van der Waals surface area (Å²) in [6, 6.07) is 10.5. The van der Waals surface area contributed by atoms with E-state index in [1.165, 1.54) is 20.1 Å². The molecule has 0 saturated carbocycles. The molecule has 0 bridgehead atoms. The van der Waals surface area contributed by atoms with Crippen molar-refractivity contribution in [1.29, 1.82) is 0 Å². The minimum Gasteiger partial charge on any atom is -0.505 e. The van der Waals surface area contributed by atoms with Gasteiger partial charge in [0.05, 0.1) is 30.9 Å². The van der Waals surface area contributed by atoms with Crippen LogP contribution in [-0.4, -0.2) is 116 Å². The van der Waals surface area contributed by atoms with Crippen LogP contribution in [0.3, 0.4) is 0 Å². The SMILES string of the molecule is COc1cc(S(=O)(=O)O)c(C)cc1N=Nc1cc(OCCO)c(N=Nc2c(S(=O)(=O)O)cc3c(S(=O)(=O)O)c(N=Nc4c(C(N)=O)[nH]n(-c5ccc(S(=O)(=O)O)cc5)c4=O)ccc3c2O)cc1OCCO. The Morgan fingerprint density at radius 2 is 1.15 bits per heavy atom. The number of amides is 1. The Labute approximate surface area is 399 Å². The van der Waals surface area contributed by atoms with E-state index in [-0.39, 0.29) is 52.2 Å². The number of azo groups is 3. The quantitative estimate of drug-likeness (QED) is 0.0400. The zero-order valence-corrected chi connectivity index (χ0v) is 39.2. The monoisotopic (exact) mass is 1070 g/mol. The normalized spacial score (nSPS) is 12.7. The second-order valence-electron chi connectivity index (χ2n) is 14.1. The van der Waals surface area contributed by atoms with Crippen molar-refractivity contribution >= 4 is 91.3 Å². The van der Waals surface area contributed by atoms with Gasteiger partial charge < -0.3 is 35.3 Å². The minimum atomic E-state index is -5.54. The van der Waals surface area contributed by atoms with E-state index in [0.717, 1.165) is 54.6 Å². The first-order chi connectivity index (χ1) is 33.2. The lowest BCUT2D eigenvalue weighted by Crippen LogP contribution is -2.14. The van der Waals surface area contributed by atoms with E-state index in [4.69, 9.17) is 19.9 Å². The first kappa shape index (κ1) is 52.8. The van der Waals surface area contributed by atoms with Gasteiger partial charge in [-0.3, -0.25) is 32.9 Å². The summed E-state index contributed by atoms with van der Waals surface area (Å²) >= 11 is 0. The van der Waals surface area contributed by atoms with Gasteiger partial charge in [0.15, 0.2) is 17.1 Å². The molecule has 29 nitrogen and oxygen atoms in total. The molecule has 0 atom stereocenters. The van der Waals surface area contributed by atoms with Crippen LogP contribution in [0.5, 0.6) is 23.0 Å². The van der Waals surface area contributed by atoms with Crippen molar-refractivity contribution in [2.75, 3.05) is 33.5 Å². The van der Waals surface area contributed by atoms with E-state index in [1.807, 2.05) is 0 Å². The largest absolute Gasteiger partial charge is 0.505 e. The third-order valence-electron chi connectivity index (χ3n) is 9.48. The number of carbonyl (C=O) groups excluding carboxylic acids is 1. The fourth-order valence-electron chi connectivity index (χ4n) is 6.39. The van der Waals surface area contributed by atoms with Crippen LogP contribution < -0.4 is 25.5 Å². The fourth-order valence-corrected chi connectivity index (χ4v) is 9.06. The molecule has 0 aliphatic carbocycles. The number of hydrogen-bond donors (Lipinski definition) is 9. The van der Waals surface area contributed by atoms with E-state index < -0.39 is 131 Å². The molecule has 0 unspecified atom stereocenters. The van der Waals surface area contributed by atoms with Crippen LogP contribution >= 0.6 is 0 Å². The van der Waals surface area contributed by atoms with Crippen molar-refractivity contribution in [3.05, 3.63) is 88.3 Å². The molecule has 0 radical (unpaired) electrons. The van der Waals surface area contributed by atoms with Gasteiger partial charge in [-0.1, -0.05) is 0 Å². The molecule has 0 spiro atoms. The summed E-state index contributed by atoms with van der Waals surface area (Å²) in [5, 5.41) is 54.7. The molecule has 71 heavy (non-hydrogen) atoms. The van der Waals surface area contributed by atoms with Crippen LogP contribution in [0.15, 0.2) is 122 Å². The molecule has 5 aromatic carbocycles. The van der Waals surface area contributed by atoms with Crippen LogP contribution in [0.4, 0.5) is 34.1 Å². The number of carbonyl (C=O) groups is 1. The van der Waals surface area contributed by atoms with Gasteiger partial charge in [-0.2, -0.15) is 33.7 Å². The lowest BCUT2D eigenvalue weighted by Gasteiger charge is -2.14. The standard InChI is InChI=1S/C38H35N9O20S4/c1-18-13-24(27(65-2)17-30(18)69(56,57)58)41-42-25-15-29(67-12-10-49)26(16-28(25)66-11-9-48)43-44-32-31(70(59,60)61)14-22-21(35(32)50)7-8-23(36(22)71(62,63)64)40-45-34-33(37(39)51)46-47(38(34)52)19-3-5-20(6-4-19)68(53,54)55/h3-8,13-17,46,48-50H,9-12H2,1-2H3,(H2,39,51)(H,53,54,55)(H,56,57,58)(H,59,60,61)(H,62,63,64). The second kappa shape index (κ2) is 20.4. The predicted octanol–water partition coefficient (Wildman–Crippen LogP) is 4.42. The van der Waals surface area contributed by atoms with Gasteiger partial charge in [0.1, 0.15) is 73.6 Å². The highest BCUT2D eigenvalue weighted by atomic mass is 32.2. The number of nitrogens with two attached hydrogens (primary N) is 1. The first-order valence-corrected chi connectivity index (χ1v) is 25.0. The molecule has 1 amide bonds. The third-order valence-corrected chi connectivity index (χ3v) is 13.2. The number of aliphatic hydroxyl groups excluding tert-OH is 2. The summed E-state index contributed by atoms with van der Waals surface area (Å²) in [6.45, 7) is -0.544. The number of rotatable bonds is 19. The molecule has 1 aromatic heterocycles. The molecule has 0 aliphatic rings. The Hall–Kier alpha value is -7.60. The summed E-state index contributed by atoms with van der Waals surface area (Å²) in [7, 11) is -19.2. The number of methoxy groups -OCH3 is 1. The number of aromatic hydroxyl groups is 1. The van der Waals surface area contributed by atoms with Crippen LogP contribution in [-0.2, 0) is 40.5 Å². The molecule has 10 N–H and O–H groups in total. The topological polar surface area (TPSA) is 461 Å². The Kier molecular flexibility index (Phi) is 15.2. The van der Waals surface area contributed by atoms with E-state index in [0.29, 0.717) is 10.7 Å². The zero-order valence-electron chi connectivity index (χ0n) is 36.0. The van der Waals surface area contributed by atoms with Crippen molar-refractivity contribution in [2.45, 2.75) is 26.5 Å². The fraction of sp³-hybridized carbons (Fsp3) is 0.158. The van der Waals surface area contributed by atoms with Crippen molar-refractivity contribution in [1.82, 2.24) is 9.78 Å². The Balaban J connectivity index is 1.49.